The number of nitro groups is 1. The van der Waals surface area contributed by atoms with Crippen LogP contribution in [0.2, 0.25) is 0 Å². The second-order valence-corrected chi connectivity index (χ2v) is 5.81. The van der Waals surface area contributed by atoms with Crippen molar-refractivity contribution in [3.8, 4) is 11.4 Å². The fourth-order valence-corrected chi connectivity index (χ4v) is 2.67. The van der Waals surface area contributed by atoms with Crippen LogP contribution >= 0.6 is 0 Å². The Balaban J connectivity index is 1.65. The number of nitrogens with zero attached hydrogens (tertiary/aromatic N) is 5. The molecule has 1 aliphatic heterocycles. The van der Waals surface area contributed by atoms with Gasteiger partial charge in [-0.2, -0.15) is 5.10 Å². The number of carbonyl (C=O) groups excluding carboxylic acids is 1. The Morgan fingerprint density at radius 3 is 2.84 bits per heavy atom. The van der Waals surface area contributed by atoms with Gasteiger partial charge in [0.15, 0.2) is 5.82 Å². The summed E-state index contributed by atoms with van der Waals surface area (Å²) in [5, 5.41) is 15.0. The molecule has 25 heavy (non-hydrogen) atoms. The molecule has 1 fully saturated rings. The van der Waals surface area contributed by atoms with Crippen molar-refractivity contribution < 1.29 is 14.5 Å². The average molecular weight is 345 g/mol. The number of aromatic nitrogens is 3. The van der Waals surface area contributed by atoms with Gasteiger partial charge in [0.05, 0.1) is 17.6 Å². The molecule has 1 saturated heterocycles. The summed E-state index contributed by atoms with van der Waals surface area (Å²) < 4.78 is 7.05. The molecule has 1 amide bonds. The quantitative estimate of drug-likeness (QED) is 0.601. The minimum atomic E-state index is -0.458. The fourth-order valence-electron chi connectivity index (χ4n) is 2.67. The number of carbonyl (C=O) groups is 1. The van der Waals surface area contributed by atoms with Gasteiger partial charge in [-0.3, -0.25) is 14.9 Å². The Morgan fingerprint density at radius 2 is 2.16 bits per heavy atom. The third-order valence-electron chi connectivity index (χ3n) is 4.12. The molecular weight excluding hydrogens is 326 g/mol. The zero-order valence-corrected chi connectivity index (χ0v) is 13.9. The van der Waals surface area contributed by atoms with Crippen LogP contribution in [0.1, 0.15) is 13.3 Å². The molecule has 1 aromatic heterocycles. The Bertz CT molecular complexity index is 758. The summed E-state index contributed by atoms with van der Waals surface area (Å²) in [5.74, 6) is 0.401. The van der Waals surface area contributed by atoms with E-state index in [0.29, 0.717) is 31.1 Å². The number of amides is 1. The molecule has 1 atom stereocenters. The van der Waals surface area contributed by atoms with Gasteiger partial charge < -0.3 is 9.64 Å². The Labute approximate surface area is 144 Å². The summed E-state index contributed by atoms with van der Waals surface area (Å²) in [4.78, 5) is 28.6. The molecule has 3 rings (SSSR count). The summed E-state index contributed by atoms with van der Waals surface area (Å²) in [6, 6.07) is 5.99. The molecule has 132 valence electrons. The van der Waals surface area contributed by atoms with Gasteiger partial charge in [-0.15, -0.1) is 0 Å². The van der Waals surface area contributed by atoms with Crippen molar-refractivity contribution in [2.45, 2.75) is 26.0 Å². The van der Waals surface area contributed by atoms with Crippen molar-refractivity contribution in [1.29, 1.82) is 0 Å². The molecule has 1 aromatic carbocycles. The largest absolute Gasteiger partial charge is 0.375 e. The van der Waals surface area contributed by atoms with Gasteiger partial charge in [-0.05, 0) is 18.6 Å². The van der Waals surface area contributed by atoms with Gasteiger partial charge in [-0.25, -0.2) is 9.67 Å². The van der Waals surface area contributed by atoms with Crippen molar-refractivity contribution in [3.05, 3.63) is 40.7 Å². The van der Waals surface area contributed by atoms with E-state index >= 15 is 0 Å². The first-order chi connectivity index (χ1) is 12.1. The smallest absolute Gasteiger partial charge is 0.269 e. The van der Waals surface area contributed by atoms with Crippen molar-refractivity contribution in [2.75, 3.05) is 19.7 Å². The summed E-state index contributed by atoms with van der Waals surface area (Å²) in [7, 11) is 0. The van der Waals surface area contributed by atoms with Gasteiger partial charge in [0.1, 0.15) is 12.9 Å². The van der Waals surface area contributed by atoms with Crippen LogP contribution in [0.3, 0.4) is 0 Å². The third kappa shape index (κ3) is 4.00. The molecule has 0 spiro atoms. The Hall–Kier alpha value is -2.81. The normalized spacial score (nSPS) is 17.5. The van der Waals surface area contributed by atoms with E-state index in [1.165, 1.54) is 23.1 Å². The summed E-state index contributed by atoms with van der Waals surface area (Å²) >= 11 is 0. The van der Waals surface area contributed by atoms with Crippen LogP contribution in [0.15, 0.2) is 30.6 Å². The monoisotopic (exact) mass is 345 g/mol. The number of hydrogen-bond donors (Lipinski definition) is 0. The molecular formula is C16H19N5O4. The van der Waals surface area contributed by atoms with Crippen LogP contribution in [-0.2, 0) is 16.1 Å². The van der Waals surface area contributed by atoms with E-state index in [2.05, 4.69) is 10.1 Å². The van der Waals surface area contributed by atoms with E-state index in [1.54, 1.807) is 17.0 Å². The van der Waals surface area contributed by atoms with Crippen molar-refractivity contribution in [1.82, 2.24) is 19.7 Å². The lowest BCUT2D eigenvalue weighted by molar-refractivity contribution is -0.384. The lowest BCUT2D eigenvalue weighted by atomic mass is 10.2. The third-order valence-corrected chi connectivity index (χ3v) is 4.12. The zero-order valence-electron chi connectivity index (χ0n) is 13.9. The number of benzene rings is 1. The number of rotatable bonds is 5. The number of ether oxygens (including phenoxy) is 1. The maximum Gasteiger partial charge on any atom is 0.269 e. The molecule has 0 aliphatic carbocycles. The minimum absolute atomic E-state index is 0.0103. The maximum atomic E-state index is 12.4. The molecule has 1 aliphatic rings. The highest BCUT2D eigenvalue weighted by Crippen LogP contribution is 2.19. The number of morpholine rings is 1. The number of nitro benzene ring substituents is 1. The van der Waals surface area contributed by atoms with Gasteiger partial charge in [0, 0.05) is 30.8 Å². The second-order valence-electron chi connectivity index (χ2n) is 5.81. The molecule has 9 nitrogen and oxygen atoms in total. The van der Waals surface area contributed by atoms with Crippen molar-refractivity contribution >= 4 is 11.6 Å². The van der Waals surface area contributed by atoms with Gasteiger partial charge >= 0.3 is 0 Å². The van der Waals surface area contributed by atoms with Crippen LogP contribution in [0.25, 0.3) is 11.4 Å². The fraction of sp³-hybridized carbons (Fsp3) is 0.438. The van der Waals surface area contributed by atoms with E-state index in [4.69, 9.17) is 4.74 Å². The van der Waals surface area contributed by atoms with Gasteiger partial charge in [-0.1, -0.05) is 6.92 Å². The first kappa shape index (κ1) is 17.0. The van der Waals surface area contributed by atoms with E-state index in [0.717, 1.165) is 6.42 Å². The summed E-state index contributed by atoms with van der Waals surface area (Å²) in [6.07, 6.45) is 2.45. The Kier molecular flexibility index (Phi) is 5.03. The van der Waals surface area contributed by atoms with E-state index in [1.807, 2.05) is 6.92 Å². The molecule has 2 aromatic rings. The molecule has 1 unspecified atom stereocenters. The first-order valence-electron chi connectivity index (χ1n) is 8.10. The standard InChI is InChI=1S/C16H19N5O4/c1-2-14-9-19(7-8-25-14)15(22)10-20-11-17-16(18-20)12-3-5-13(6-4-12)21(23)24/h3-6,11,14H,2,7-10H2,1H3. The lowest BCUT2D eigenvalue weighted by Crippen LogP contribution is -2.46. The molecule has 0 radical (unpaired) electrons. The van der Waals surface area contributed by atoms with Gasteiger partial charge in [0.2, 0.25) is 5.91 Å². The number of hydrogen-bond acceptors (Lipinski definition) is 6. The predicted octanol–water partition coefficient (Wildman–Crippen LogP) is 1.49. The van der Waals surface area contributed by atoms with Crippen LogP contribution in [0.5, 0.6) is 0 Å². The van der Waals surface area contributed by atoms with Crippen LogP contribution in [0.4, 0.5) is 5.69 Å². The highest BCUT2D eigenvalue weighted by atomic mass is 16.6. The predicted molar refractivity (Wildman–Crippen MR) is 88.7 cm³/mol. The summed E-state index contributed by atoms with van der Waals surface area (Å²) in [6.45, 7) is 3.87. The molecule has 2 heterocycles. The second kappa shape index (κ2) is 7.39. The SMILES string of the molecule is CCC1CN(C(=O)Cn2cnc(-c3ccc([N+](=O)[O-])cc3)n2)CCO1. The van der Waals surface area contributed by atoms with Crippen LogP contribution in [0, 0.1) is 10.1 Å². The highest BCUT2D eigenvalue weighted by molar-refractivity contribution is 5.76. The summed E-state index contributed by atoms with van der Waals surface area (Å²) in [5.41, 5.74) is 0.672. The lowest BCUT2D eigenvalue weighted by Gasteiger charge is -2.32. The first-order valence-corrected chi connectivity index (χ1v) is 8.10. The zero-order chi connectivity index (χ0) is 17.8. The maximum absolute atomic E-state index is 12.4. The number of non-ortho nitro benzene ring substituents is 1. The Morgan fingerprint density at radius 1 is 1.40 bits per heavy atom. The molecule has 0 N–H and O–H groups in total. The van der Waals surface area contributed by atoms with E-state index in [-0.39, 0.29) is 24.2 Å². The van der Waals surface area contributed by atoms with Crippen molar-refractivity contribution in [3.63, 3.8) is 0 Å². The van der Waals surface area contributed by atoms with Crippen molar-refractivity contribution in [2.24, 2.45) is 0 Å². The van der Waals surface area contributed by atoms with Gasteiger partial charge in [0.25, 0.3) is 5.69 Å². The topological polar surface area (TPSA) is 103 Å². The van der Waals surface area contributed by atoms with Crippen LogP contribution in [-0.4, -0.2) is 56.3 Å². The molecule has 9 heteroatoms. The van der Waals surface area contributed by atoms with E-state index in [9.17, 15) is 14.9 Å². The van der Waals surface area contributed by atoms with Crippen LogP contribution < -0.4 is 0 Å². The molecule has 0 bridgehead atoms. The average Bonchev–Trinajstić information content (AvgIpc) is 3.10. The highest BCUT2D eigenvalue weighted by Gasteiger charge is 2.23. The minimum Gasteiger partial charge on any atom is -0.375 e. The van der Waals surface area contributed by atoms with E-state index < -0.39 is 4.92 Å². The molecule has 0 saturated carbocycles.